The smallest absolute Gasteiger partial charge is 0.340 e. The Balaban J connectivity index is 2.03. The van der Waals surface area contributed by atoms with E-state index in [-0.39, 0.29) is 13.0 Å². The van der Waals surface area contributed by atoms with Crippen LogP contribution in [0.4, 0.5) is 11.4 Å². The van der Waals surface area contributed by atoms with Crippen LogP contribution >= 0.6 is 0 Å². The number of nitrogens with two attached hydrogens (primary N) is 1. The lowest BCUT2D eigenvalue weighted by Crippen LogP contribution is -2.13. The zero-order valence-electron chi connectivity index (χ0n) is 14.1. The number of carbonyl (C=O) groups excluding carboxylic acids is 1. The molecule has 0 atom stereocenters. The number of hydrogen-bond donors (Lipinski definition) is 3. The second-order valence-electron chi connectivity index (χ2n) is 5.70. The first kappa shape index (κ1) is 18.3. The van der Waals surface area contributed by atoms with Crippen molar-refractivity contribution < 1.29 is 19.4 Å². The van der Waals surface area contributed by atoms with Crippen molar-refractivity contribution in [2.24, 2.45) is 0 Å². The van der Waals surface area contributed by atoms with Crippen molar-refractivity contribution >= 4 is 23.3 Å². The molecule has 2 rings (SSSR count). The number of nitrogens with one attached hydrogen (secondary N) is 1. The summed E-state index contributed by atoms with van der Waals surface area (Å²) in [5.74, 6) is -1.33. The molecule has 2 aromatic rings. The maximum atomic E-state index is 12.3. The summed E-state index contributed by atoms with van der Waals surface area (Å²) < 4.78 is 5.32. The SMILES string of the molecule is Cc1ccc(C(=O)OCc2ccccc2)c(N)c1NCCCC(=O)O. The van der Waals surface area contributed by atoms with Crippen molar-refractivity contribution in [3.05, 3.63) is 59.2 Å². The number of rotatable bonds is 8. The van der Waals surface area contributed by atoms with Crippen molar-refractivity contribution in [3.8, 4) is 0 Å². The van der Waals surface area contributed by atoms with Crippen LogP contribution in [-0.2, 0) is 16.1 Å². The molecule has 0 heterocycles. The molecule has 132 valence electrons. The van der Waals surface area contributed by atoms with Crippen LogP contribution in [0.3, 0.4) is 0 Å². The monoisotopic (exact) mass is 342 g/mol. The highest BCUT2D eigenvalue weighted by Gasteiger charge is 2.16. The summed E-state index contributed by atoms with van der Waals surface area (Å²) in [5.41, 5.74) is 9.14. The minimum atomic E-state index is -0.843. The largest absolute Gasteiger partial charge is 0.481 e. The fourth-order valence-corrected chi connectivity index (χ4v) is 2.40. The summed E-state index contributed by atoms with van der Waals surface area (Å²) in [4.78, 5) is 22.9. The number of anilines is 2. The standard InChI is InChI=1S/C19H22N2O4/c1-13-9-10-15(17(20)18(13)21-11-5-8-16(22)23)19(24)25-12-14-6-3-2-4-7-14/h2-4,6-7,9-10,21H,5,8,11-12,20H2,1H3,(H,22,23). The van der Waals surface area contributed by atoms with Crippen LogP contribution in [0.1, 0.15) is 34.3 Å². The Hall–Kier alpha value is -3.02. The molecule has 0 aliphatic heterocycles. The molecule has 0 spiro atoms. The molecule has 0 unspecified atom stereocenters. The van der Waals surface area contributed by atoms with Crippen LogP contribution in [0.25, 0.3) is 0 Å². The minimum absolute atomic E-state index is 0.0742. The van der Waals surface area contributed by atoms with Gasteiger partial charge in [0.1, 0.15) is 6.61 Å². The molecule has 2 aromatic carbocycles. The maximum Gasteiger partial charge on any atom is 0.340 e. The second kappa shape index (κ2) is 8.73. The summed E-state index contributed by atoms with van der Waals surface area (Å²) >= 11 is 0. The van der Waals surface area contributed by atoms with Gasteiger partial charge in [-0.15, -0.1) is 0 Å². The van der Waals surface area contributed by atoms with Crippen LogP contribution in [0.15, 0.2) is 42.5 Å². The van der Waals surface area contributed by atoms with Gasteiger partial charge in [0.2, 0.25) is 0 Å². The fourth-order valence-electron chi connectivity index (χ4n) is 2.40. The zero-order valence-corrected chi connectivity index (χ0v) is 14.1. The lowest BCUT2D eigenvalue weighted by molar-refractivity contribution is -0.137. The first-order chi connectivity index (χ1) is 12.0. The van der Waals surface area contributed by atoms with E-state index in [2.05, 4.69) is 5.32 Å². The number of carbonyl (C=O) groups is 2. The topological polar surface area (TPSA) is 102 Å². The molecule has 6 nitrogen and oxygen atoms in total. The molecule has 25 heavy (non-hydrogen) atoms. The number of nitrogen functional groups attached to an aromatic ring is 1. The summed E-state index contributed by atoms with van der Waals surface area (Å²) in [7, 11) is 0. The van der Waals surface area contributed by atoms with E-state index in [0.29, 0.717) is 29.9 Å². The highest BCUT2D eigenvalue weighted by molar-refractivity contribution is 5.99. The Morgan fingerprint density at radius 3 is 2.56 bits per heavy atom. The molecule has 0 amide bonds. The highest BCUT2D eigenvalue weighted by atomic mass is 16.5. The van der Waals surface area contributed by atoms with E-state index in [9.17, 15) is 9.59 Å². The number of esters is 1. The van der Waals surface area contributed by atoms with E-state index < -0.39 is 11.9 Å². The van der Waals surface area contributed by atoms with E-state index in [1.807, 2.05) is 37.3 Å². The van der Waals surface area contributed by atoms with E-state index in [0.717, 1.165) is 11.1 Å². The zero-order chi connectivity index (χ0) is 18.2. The van der Waals surface area contributed by atoms with Gasteiger partial charge in [-0.2, -0.15) is 0 Å². The Morgan fingerprint density at radius 1 is 1.16 bits per heavy atom. The Bertz CT molecular complexity index is 745. The molecule has 0 bridgehead atoms. The third-order valence-electron chi connectivity index (χ3n) is 3.76. The number of carboxylic acids is 1. The summed E-state index contributed by atoms with van der Waals surface area (Å²) in [6, 6.07) is 12.8. The molecule has 4 N–H and O–H groups in total. The highest BCUT2D eigenvalue weighted by Crippen LogP contribution is 2.28. The van der Waals surface area contributed by atoms with E-state index in [4.69, 9.17) is 15.6 Å². The van der Waals surface area contributed by atoms with Gasteiger partial charge >= 0.3 is 11.9 Å². The number of aryl methyl sites for hydroxylation is 1. The normalized spacial score (nSPS) is 10.3. The quantitative estimate of drug-likeness (QED) is 0.387. The summed E-state index contributed by atoms with van der Waals surface area (Å²) in [5, 5.41) is 11.8. The van der Waals surface area contributed by atoms with E-state index >= 15 is 0 Å². The van der Waals surface area contributed by atoms with E-state index in [1.165, 1.54) is 0 Å². The molecule has 0 aromatic heterocycles. The van der Waals surface area contributed by atoms with Crippen molar-refractivity contribution in [3.63, 3.8) is 0 Å². The van der Waals surface area contributed by atoms with Crippen LogP contribution < -0.4 is 11.1 Å². The van der Waals surface area contributed by atoms with Crippen molar-refractivity contribution in [1.82, 2.24) is 0 Å². The van der Waals surface area contributed by atoms with Gasteiger partial charge in [0, 0.05) is 13.0 Å². The van der Waals surface area contributed by atoms with Gasteiger partial charge in [-0.25, -0.2) is 4.79 Å². The number of benzene rings is 2. The van der Waals surface area contributed by atoms with Crippen LogP contribution in [0.5, 0.6) is 0 Å². The molecule has 0 aliphatic rings. The lowest BCUT2D eigenvalue weighted by Gasteiger charge is -2.15. The third kappa shape index (κ3) is 5.24. The van der Waals surface area contributed by atoms with Crippen molar-refractivity contribution in [2.45, 2.75) is 26.4 Å². The minimum Gasteiger partial charge on any atom is -0.481 e. The van der Waals surface area contributed by atoms with Crippen LogP contribution in [-0.4, -0.2) is 23.6 Å². The summed E-state index contributed by atoms with van der Waals surface area (Å²) in [6.45, 7) is 2.50. The van der Waals surface area contributed by atoms with Gasteiger partial charge in [-0.1, -0.05) is 36.4 Å². The Labute approximate surface area is 146 Å². The summed E-state index contributed by atoms with van der Waals surface area (Å²) in [6.07, 6.45) is 0.543. The average Bonchev–Trinajstić information content (AvgIpc) is 2.59. The van der Waals surface area contributed by atoms with Gasteiger partial charge in [0.05, 0.1) is 16.9 Å². The van der Waals surface area contributed by atoms with Gasteiger partial charge in [-0.05, 0) is 30.5 Å². The molecule has 0 fully saturated rings. The lowest BCUT2D eigenvalue weighted by atomic mass is 10.1. The van der Waals surface area contributed by atoms with Gasteiger partial charge < -0.3 is 20.9 Å². The molecular formula is C19H22N2O4. The Kier molecular flexibility index (Phi) is 6.39. The second-order valence-corrected chi connectivity index (χ2v) is 5.70. The predicted molar refractivity (Wildman–Crippen MR) is 96.5 cm³/mol. The molecule has 0 aliphatic carbocycles. The van der Waals surface area contributed by atoms with Crippen molar-refractivity contribution in [2.75, 3.05) is 17.6 Å². The predicted octanol–water partition coefficient (Wildman–Crippen LogP) is 3.21. The molecular weight excluding hydrogens is 320 g/mol. The number of aliphatic carboxylic acids is 1. The maximum absolute atomic E-state index is 12.3. The van der Waals surface area contributed by atoms with E-state index in [1.54, 1.807) is 12.1 Å². The Morgan fingerprint density at radius 2 is 1.88 bits per heavy atom. The third-order valence-corrected chi connectivity index (χ3v) is 3.76. The fraction of sp³-hybridized carbons (Fsp3) is 0.263. The van der Waals surface area contributed by atoms with Crippen LogP contribution in [0, 0.1) is 6.92 Å². The first-order valence-electron chi connectivity index (χ1n) is 8.05. The van der Waals surface area contributed by atoms with Gasteiger partial charge in [0.25, 0.3) is 0 Å². The van der Waals surface area contributed by atoms with Crippen LogP contribution in [0.2, 0.25) is 0 Å². The van der Waals surface area contributed by atoms with Gasteiger partial charge in [0.15, 0.2) is 0 Å². The first-order valence-corrected chi connectivity index (χ1v) is 8.05. The van der Waals surface area contributed by atoms with Crippen molar-refractivity contribution in [1.29, 1.82) is 0 Å². The molecule has 0 saturated carbocycles. The number of ether oxygens (including phenoxy) is 1. The molecule has 0 saturated heterocycles. The average molecular weight is 342 g/mol. The number of carboxylic acid groups (broad SMARTS) is 1. The van der Waals surface area contributed by atoms with Gasteiger partial charge in [-0.3, -0.25) is 4.79 Å². The molecule has 0 radical (unpaired) electrons. The number of hydrogen-bond acceptors (Lipinski definition) is 5. The molecule has 6 heteroatoms.